The first-order valence-electron chi connectivity index (χ1n) is 10.5. The summed E-state index contributed by atoms with van der Waals surface area (Å²) in [6.45, 7) is 0. The molecule has 0 saturated heterocycles. The quantitative estimate of drug-likeness (QED) is 0.177. The molecule has 0 spiro atoms. The lowest BCUT2D eigenvalue weighted by molar-refractivity contribution is 0.0733. The Hall–Kier alpha value is -4.46. The second-order valence-electron chi connectivity index (χ2n) is 7.14. The number of hydrogen-bond donors (Lipinski definition) is 0. The van der Waals surface area contributed by atoms with Crippen LogP contribution < -0.4 is 28.4 Å². The van der Waals surface area contributed by atoms with E-state index in [0.717, 1.165) is 0 Å². The fourth-order valence-electron chi connectivity index (χ4n) is 3.31. The minimum absolute atomic E-state index is 0.224. The Morgan fingerprint density at radius 3 is 1.97 bits per heavy atom. The van der Waals surface area contributed by atoms with Crippen molar-refractivity contribution in [2.75, 3.05) is 35.5 Å². The van der Waals surface area contributed by atoms with E-state index in [1.807, 2.05) is 0 Å². The molecule has 0 heterocycles. The van der Waals surface area contributed by atoms with Crippen molar-refractivity contribution in [3.63, 3.8) is 0 Å². The Labute approximate surface area is 203 Å². The number of benzene rings is 3. The van der Waals surface area contributed by atoms with Crippen molar-refractivity contribution < 1.29 is 38.0 Å². The van der Waals surface area contributed by atoms with Gasteiger partial charge in [-0.25, -0.2) is 4.79 Å². The molecular formula is C27H26O8. The van der Waals surface area contributed by atoms with Crippen LogP contribution in [0.1, 0.15) is 26.3 Å². The number of carbonyl (C=O) groups excluding carboxylic acids is 2. The number of ether oxygens (including phenoxy) is 6. The first-order valence-corrected chi connectivity index (χ1v) is 10.5. The van der Waals surface area contributed by atoms with E-state index in [9.17, 15) is 9.59 Å². The molecule has 0 aliphatic rings. The van der Waals surface area contributed by atoms with Crippen LogP contribution in [0.2, 0.25) is 0 Å². The van der Waals surface area contributed by atoms with Crippen LogP contribution in [-0.2, 0) is 0 Å². The van der Waals surface area contributed by atoms with E-state index in [0.29, 0.717) is 45.6 Å². The maximum absolute atomic E-state index is 12.8. The van der Waals surface area contributed by atoms with Crippen molar-refractivity contribution in [1.82, 2.24) is 0 Å². The van der Waals surface area contributed by atoms with Gasteiger partial charge in [0.2, 0.25) is 5.75 Å². The third kappa shape index (κ3) is 5.92. The van der Waals surface area contributed by atoms with Gasteiger partial charge in [-0.3, -0.25) is 4.79 Å². The van der Waals surface area contributed by atoms with Crippen molar-refractivity contribution in [3.8, 4) is 34.5 Å². The predicted octanol–water partition coefficient (Wildman–Crippen LogP) is 4.84. The lowest BCUT2D eigenvalue weighted by Gasteiger charge is -2.13. The number of rotatable bonds is 10. The van der Waals surface area contributed by atoms with Gasteiger partial charge in [0.15, 0.2) is 17.3 Å². The fraction of sp³-hybridized carbons (Fsp3) is 0.185. The summed E-state index contributed by atoms with van der Waals surface area (Å²) in [7, 11) is 7.43. The smallest absolute Gasteiger partial charge is 0.343 e. The summed E-state index contributed by atoms with van der Waals surface area (Å²) in [6, 6.07) is 14.8. The highest BCUT2D eigenvalue weighted by atomic mass is 16.5. The van der Waals surface area contributed by atoms with Crippen molar-refractivity contribution in [2.45, 2.75) is 0 Å². The normalized spacial score (nSPS) is 10.5. The summed E-state index contributed by atoms with van der Waals surface area (Å²) in [5.41, 5.74) is 1.29. The van der Waals surface area contributed by atoms with E-state index in [4.69, 9.17) is 28.4 Å². The molecule has 8 nitrogen and oxygen atoms in total. The molecule has 182 valence electrons. The summed E-state index contributed by atoms with van der Waals surface area (Å²) in [4.78, 5) is 25.5. The summed E-state index contributed by atoms with van der Waals surface area (Å²) in [5.74, 6) is 1.49. The van der Waals surface area contributed by atoms with Crippen LogP contribution >= 0.6 is 0 Å². The number of esters is 1. The van der Waals surface area contributed by atoms with Crippen LogP contribution in [-0.4, -0.2) is 47.3 Å². The summed E-state index contributed by atoms with van der Waals surface area (Å²) in [6.07, 6.45) is 3.05. The number of allylic oxidation sites excluding steroid dienone is 1. The third-order valence-electron chi connectivity index (χ3n) is 5.07. The molecule has 0 atom stereocenters. The maximum atomic E-state index is 12.8. The van der Waals surface area contributed by atoms with Crippen molar-refractivity contribution in [3.05, 3.63) is 77.4 Å². The van der Waals surface area contributed by atoms with E-state index in [2.05, 4.69) is 0 Å². The molecule has 0 saturated carbocycles. The first kappa shape index (κ1) is 25.2. The van der Waals surface area contributed by atoms with Crippen molar-refractivity contribution in [1.29, 1.82) is 0 Å². The minimum atomic E-state index is -0.607. The monoisotopic (exact) mass is 478 g/mol. The van der Waals surface area contributed by atoms with Crippen LogP contribution in [0, 0.1) is 0 Å². The zero-order valence-corrected chi connectivity index (χ0v) is 20.1. The molecule has 0 aliphatic heterocycles. The minimum Gasteiger partial charge on any atom is -0.497 e. The largest absolute Gasteiger partial charge is 0.497 e. The number of methoxy groups -OCH3 is 5. The van der Waals surface area contributed by atoms with Gasteiger partial charge in [-0.1, -0.05) is 18.2 Å². The Balaban J connectivity index is 1.78. The van der Waals surface area contributed by atoms with Gasteiger partial charge in [0, 0.05) is 6.07 Å². The second-order valence-corrected chi connectivity index (χ2v) is 7.14. The maximum Gasteiger partial charge on any atom is 0.343 e. The van der Waals surface area contributed by atoms with E-state index in [1.165, 1.54) is 53.8 Å². The predicted molar refractivity (Wildman–Crippen MR) is 130 cm³/mol. The first-order chi connectivity index (χ1) is 16.9. The van der Waals surface area contributed by atoms with Gasteiger partial charge in [-0.2, -0.15) is 0 Å². The molecule has 3 aromatic carbocycles. The van der Waals surface area contributed by atoms with Crippen LogP contribution in [0.15, 0.2) is 60.7 Å². The van der Waals surface area contributed by atoms with E-state index < -0.39 is 5.97 Å². The van der Waals surface area contributed by atoms with Crippen molar-refractivity contribution >= 4 is 17.8 Å². The molecule has 0 unspecified atom stereocenters. The van der Waals surface area contributed by atoms with Crippen LogP contribution in [0.3, 0.4) is 0 Å². The third-order valence-corrected chi connectivity index (χ3v) is 5.07. The molecule has 0 N–H and O–H groups in total. The molecule has 0 aliphatic carbocycles. The van der Waals surface area contributed by atoms with Gasteiger partial charge in [0.25, 0.3) is 0 Å². The average molecular weight is 478 g/mol. The van der Waals surface area contributed by atoms with Gasteiger partial charge in [-0.05, 0) is 48.0 Å². The molecule has 8 heteroatoms. The highest BCUT2D eigenvalue weighted by Crippen LogP contribution is 2.38. The topological polar surface area (TPSA) is 89.5 Å². The number of hydrogen-bond acceptors (Lipinski definition) is 8. The second kappa shape index (κ2) is 11.6. The Morgan fingerprint density at radius 1 is 0.686 bits per heavy atom. The van der Waals surface area contributed by atoms with Gasteiger partial charge < -0.3 is 28.4 Å². The Kier molecular flexibility index (Phi) is 8.34. The zero-order valence-electron chi connectivity index (χ0n) is 20.1. The zero-order chi connectivity index (χ0) is 25.4. The molecule has 0 bridgehead atoms. The average Bonchev–Trinajstić information content (AvgIpc) is 2.90. The molecule has 3 rings (SSSR count). The van der Waals surface area contributed by atoms with E-state index in [1.54, 1.807) is 48.5 Å². The molecule has 0 fully saturated rings. The lowest BCUT2D eigenvalue weighted by atomic mass is 10.1. The van der Waals surface area contributed by atoms with Gasteiger partial charge in [0.1, 0.15) is 17.2 Å². The Morgan fingerprint density at radius 2 is 1.37 bits per heavy atom. The molecule has 0 amide bonds. The van der Waals surface area contributed by atoms with Gasteiger partial charge in [0.05, 0.1) is 46.7 Å². The molecule has 0 radical (unpaired) electrons. The van der Waals surface area contributed by atoms with Gasteiger partial charge in [-0.15, -0.1) is 0 Å². The standard InChI is InChI=1S/C27H26O8/c1-30-19-10-11-21(23(16-19)31-2)22(28)12-9-17-7-6-8-20(13-17)35-27(29)18-14-24(32-3)26(34-5)25(15-18)33-4/h6-16H,1-5H3/b12-9+. The molecule has 35 heavy (non-hydrogen) atoms. The van der Waals surface area contributed by atoms with Crippen LogP contribution in [0.4, 0.5) is 0 Å². The highest BCUT2D eigenvalue weighted by molar-refractivity contribution is 6.08. The molecule has 3 aromatic rings. The van der Waals surface area contributed by atoms with Crippen LogP contribution in [0.5, 0.6) is 34.5 Å². The van der Waals surface area contributed by atoms with Gasteiger partial charge >= 0.3 is 5.97 Å². The summed E-state index contributed by atoms with van der Waals surface area (Å²) >= 11 is 0. The van der Waals surface area contributed by atoms with E-state index >= 15 is 0 Å². The van der Waals surface area contributed by atoms with Crippen LogP contribution in [0.25, 0.3) is 6.08 Å². The number of carbonyl (C=O) groups is 2. The Bertz CT molecular complexity index is 1220. The SMILES string of the molecule is COc1ccc(C(=O)/C=C/c2cccc(OC(=O)c3cc(OC)c(OC)c(OC)c3)c2)c(OC)c1. The molecule has 0 aromatic heterocycles. The summed E-state index contributed by atoms with van der Waals surface area (Å²) < 4.78 is 31.8. The van der Waals surface area contributed by atoms with E-state index in [-0.39, 0.29) is 11.3 Å². The lowest BCUT2D eigenvalue weighted by Crippen LogP contribution is -2.09. The van der Waals surface area contributed by atoms with Crippen molar-refractivity contribution in [2.24, 2.45) is 0 Å². The summed E-state index contributed by atoms with van der Waals surface area (Å²) in [5, 5.41) is 0. The highest BCUT2D eigenvalue weighted by Gasteiger charge is 2.18. The number of ketones is 1. The fourth-order valence-corrected chi connectivity index (χ4v) is 3.31. The molecular weight excluding hydrogens is 452 g/mol.